The predicted molar refractivity (Wildman–Crippen MR) is 122 cm³/mol. The molecule has 32 heavy (non-hydrogen) atoms. The summed E-state index contributed by atoms with van der Waals surface area (Å²) in [7, 11) is 1.78. The second kappa shape index (κ2) is 9.40. The molecule has 1 N–H and O–H groups in total. The highest BCUT2D eigenvalue weighted by Crippen LogP contribution is 2.26. The number of pyridine rings is 1. The Kier molecular flexibility index (Phi) is 6.59. The molecule has 0 bridgehead atoms. The minimum absolute atomic E-state index is 0.113. The largest absolute Gasteiger partial charge is 0.372 e. The number of halogens is 2. The van der Waals surface area contributed by atoms with E-state index >= 15 is 0 Å². The van der Waals surface area contributed by atoms with Crippen LogP contribution in [0.25, 0.3) is 11.3 Å². The first-order valence-electron chi connectivity index (χ1n) is 10.1. The van der Waals surface area contributed by atoms with Crippen LogP contribution >= 0.6 is 23.2 Å². The summed E-state index contributed by atoms with van der Waals surface area (Å²) in [6.07, 6.45) is 6.05. The van der Waals surface area contributed by atoms with Gasteiger partial charge >= 0.3 is 0 Å². The number of nitrogens with one attached hydrogen (secondary N) is 1. The first kappa shape index (κ1) is 22.4. The Morgan fingerprint density at radius 2 is 1.88 bits per heavy atom. The normalized spacial score (nSPS) is 20.9. The van der Waals surface area contributed by atoms with Crippen LogP contribution in [0.1, 0.15) is 24.3 Å². The Balaban J connectivity index is 1.61. The smallest absolute Gasteiger partial charge is 0.275 e. The van der Waals surface area contributed by atoms with Gasteiger partial charge in [-0.3, -0.25) is 14.5 Å². The van der Waals surface area contributed by atoms with E-state index in [0.29, 0.717) is 46.0 Å². The highest BCUT2D eigenvalue weighted by Gasteiger charge is 2.38. The zero-order valence-corrected chi connectivity index (χ0v) is 19.4. The molecule has 4 heterocycles. The lowest BCUT2D eigenvalue weighted by Crippen LogP contribution is -2.58. The maximum Gasteiger partial charge on any atom is 0.275 e. The zero-order chi connectivity index (χ0) is 22.8. The van der Waals surface area contributed by atoms with E-state index in [-0.39, 0.29) is 24.2 Å². The van der Waals surface area contributed by atoms with Gasteiger partial charge in [0.1, 0.15) is 0 Å². The van der Waals surface area contributed by atoms with Gasteiger partial charge in [-0.25, -0.2) is 9.97 Å². The van der Waals surface area contributed by atoms with Crippen LogP contribution < -0.4 is 5.32 Å². The third-order valence-electron chi connectivity index (χ3n) is 5.23. The van der Waals surface area contributed by atoms with Gasteiger partial charge in [-0.1, -0.05) is 23.2 Å². The van der Waals surface area contributed by atoms with E-state index in [9.17, 15) is 4.79 Å². The van der Waals surface area contributed by atoms with E-state index in [1.54, 1.807) is 41.2 Å². The number of nitrogens with zero attached hydrogens (tertiary/aromatic N) is 6. The Hall–Kier alpha value is -2.75. The molecule has 1 aliphatic heterocycles. The van der Waals surface area contributed by atoms with Gasteiger partial charge in [-0.2, -0.15) is 5.10 Å². The van der Waals surface area contributed by atoms with Crippen molar-refractivity contribution in [3.63, 3.8) is 0 Å². The number of aryl methyl sites for hydroxylation is 1. The maximum absolute atomic E-state index is 13.7. The summed E-state index contributed by atoms with van der Waals surface area (Å²) in [5.74, 6) is 0.236. The molecule has 0 radical (unpaired) electrons. The van der Waals surface area contributed by atoms with E-state index < -0.39 is 0 Å². The van der Waals surface area contributed by atoms with Gasteiger partial charge in [0.25, 0.3) is 5.91 Å². The molecule has 1 aliphatic rings. The fraction of sp³-hybridized carbons (Fsp3) is 0.381. The Bertz CT molecular complexity index is 1090. The van der Waals surface area contributed by atoms with Gasteiger partial charge in [-0.15, -0.1) is 0 Å². The molecule has 0 unspecified atom stereocenters. The molecule has 168 valence electrons. The number of amides is 1. The highest BCUT2D eigenvalue weighted by atomic mass is 35.5. The molecule has 0 spiro atoms. The molecule has 0 aliphatic carbocycles. The molecule has 1 fully saturated rings. The second-order valence-electron chi connectivity index (χ2n) is 7.71. The number of anilines is 1. The second-order valence-corrected chi connectivity index (χ2v) is 8.58. The van der Waals surface area contributed by atoms with Crippen molar-refractivity contribution in [1.82, 2.24) is 29.6 Å². The predicted octanol–water partition coefficient (Wildman–Crippen LogP) is 3.31. The molecule has 1 saturated heterocycles. The Morgan fingerprint density at radius 3 is 2.56 bits per heavy atom. The highest BCUT2D eigenvalue weighted by molar-refractivity contribution is 6.30. The van der Waals surface area contributed by atoms with Crippen LogP contribution in [0.3, 0.4) is 0 Å². The van der Waals surface area contributed by atoms with Gasteiger partial charge in [0.2, 0.25) is 5.95 Å². The van der Waals surface area contributed by atoms with Crippen molar-refractivity contribution in [2.75, 3.05) is 18.4 Å². The molecule has 0 saturated carbocycles. The minimum atomic E-state index is -0.258. The lowest BCUT2D eigenvalue weighted by atomic mass is 10.0. The summed E-state index contributed by atoms with van der Waals surface area (Å²) in [6, 6.07) is 3.26. The van der Waals surface area contributed by atoms with Gasteiger partial charge in [0, 0.05) is 32.5 Å². The van der Waals surface area contributed by atoms with Crippen molar-refractivity contribution < 1.29 is 9.53 Å². The average molecular weight is 476 g/mol. The van der Waals surface area contributed by atoms with Crippen LogP contribution in [0.15, 0.2) is 36.9 Å². The molecule has 11 heteroatoms. The van der Waals surface area contributed by atoms with Crippen molar-refractivity contribution in [3.05, 3.63) is 52.7 Å². The fourth-order valence-electron chi connectivity index (χ4n) is 3.78. The van der Waals surface area contributed by atoms with E-state index in [2.05, 4.69) is 25.4 Å². The fourth-order valence-corrected chi connectivity index (χ4v) is 3.99. The number of hydrogen-bond acceptors (Lipinski definition) is 7. The number of ether oxygens (including phenoxy) is 1. The molecule has 0 aromatic carbocycles. The summed E-state index contributed by atoms with van der Waals surface area (Å²) in [4.78, 5) is 28.2. The number of carbonyl (C=O) groups is 1. The first-order chi connectivity index (χ1) is 15.3. The van der Waals surface area contributed by atoms with Crippen LogP contribution in [-0.4, -0.2) is 66.9 Å². The Labute approximate surface area is 195 Å². The van der Waals surface area contributed by atoms with Gasteiger partial charge in [-0.05, 0) is 26.0 Å². The third kappa shape index (κ3) is 4.85. The molecular weight excluding hydrogens is 453 g/mol. The van der Waals surface area contributed by atoms with Crippen molar-refractivity contribution in [2.24, 2.45) is 7.05 Å². The van der Waals surface area contributed by atoms with Crippen LogP contribution in [0.5, 0.6) is 0 Å². The van der Waals surface area contributed by atoms with Crippen molar-refractivity contribution in [2.45, 2.75) is 32.1 Å². The van der Waals surface area contributed by atoms with E-state index in [1.165, 1.54) is 12.4 Å². The van der Waals surface area contributed by atoms with Gasteiger partial charge < -0.3 is 15.0 Å². The van der Waals surface area contributed by atoms with Crippen LogP contribution in [-0.2, 0) is 11.8 Å². The number of rotatable bonds is 5. The first-order valence-corrected chi connectivity index (χ1v) is 10.9. The minimum Gasteiger partial charge on any atom is -0.372 e. The molecule has 3 aromatic heterocycles. The topological polar surface area (TPSA) is 98.1 Å². The van der Waals surface area contributed by atoms with E-state index in [4.69, 9.17) is 27.9 Å². The summed E-state index contributed by atoms with van der Waals surface area (Å²) in [5, 5.41) is 8.60. The lowest BCUT2D eigenvalue weighted by molar-refractivity contribution is -0.0880. The number of aromatic nitrogens is 5. The average Bonchev–Trinajstić information content (AvgIpc) is 3.15. The number of carbonyl (C=O) groups excluding carboxylic acids is 1. The summed E-state index contributed by atoms with van der Waals surface area (Å²) in [5.41, 5.74) is 1.61. The quantitative estimate of drug-likeness (QED) is 0.604. The molecular formula is C21H23Cl2N7O2. The standard InChI is InChI=1S/C21H23Cl2N7O2/c1-12-10-30(18(13(2)32-12)9-27-21-25-7-15(23)8-26-21)20(31)19-16(11-29(3)28-19)17-5-4-14(22)6-24-17/h4-8,11-13,18H,9-10H2,1-3H3,(H,25,26,27)/t12-,13+,18-/m1/s1. The van der Waals surface area contributed by atoms with E-state index in [0.717, 1.165) is 0 Å². The monoisotopic (exact) mass is 475 g/mol. The summed E-state index contributed by atoms with van der Waals surface area (Å²) >= 11 is 11.8. The number of morpholine rings is 1. The van der Waals surface area contributed by atoms with Gasteiger partial charge in [0.05, 0.1) is 51.9 Å². The van der Waals surface area contributed by atoms with Crippen molar-refractivity contribution >= 4 is 35.1 Å². The molecule has 9 nitrogen and oxygen atoms in total. The number of hydrogen-bond donors (Lipinski definition) is 1. The molecule has 3 atom stereocenters. The molecule has 3 aromatic rings. The SMILES string of the molecule is C[C@@H]1CN(C(=O)c2nn(C)cc2-c2ccc(Cl)cn2)[C@H](CNc2ncc(Cl)cn2)[C@H](C)O1. The molecule has 1 amide bonds. The molecule has 4 rings (SSSR count). The van der Waals surface area contributed by atoms with Crippen molar-refractivity contribution in [1.29, 1.82) is 0 Å². The lowest BCUT2D eigenvalue weighted by Gasteiger charge is -2.42. The third-order valence-corrected chi connectivity index (χ3v) is 5.65. The van der Waals surface area contributed by atoms with E-state index in [1.807, 2.05) is 13.8 Å². The summed E-state index contributed by atoms with van der Waals surface area (Å²) < 4.78 is 7.62. The van der Waals surface area contributed by atoms with Crippen LogP contribution in [0.4, 0.5) is 5.95 Å². The maximum atomic E-state index is 13.7. The van der Waals surface area contributed by atoms with Gasteiger partial charge in [0.15, 0.2) is 5.69 Å². The van der Waals surface area contributed by atoms with Crippen LogP contribution in [0.2, 0.25) is 10.0 Å². The Morgan fingerprint density at radius 1 is 1.16 bits per heavy atom. The summed E-state index contributed by atoms with van der Waals surface area (Å²) in [6.45, 7) is 4.73. The van der Waals surface area contributed by atoms with Crippen molar-refractivity contribution in [3.8, 4) is 11.3 Å². The van der Waals surface area contributed by atoms with Crippen LogP contribution in [0, 0.1) is 0 Å². The zero-order valence-electron chi connectivity index (χ0n) is 17.9.